The van der Waals surface area contributed by atoms with E-state index in [0.29, 0.717) is 24.8 Å². The lowest BCUT2D eigenvalue weighted by Crippen LogP contribution is -2.34. The molecule has 0 aliphatic carbocycles. The molecule has 1 saturated heterocycles. The Kier molecular flexibility index (Phi) is 7.46. The maximum Gasteiger partial charge on any atom is 0.233 e. The number of hydrogen-bond donors (Lipinski definition) is 0. The van der Waals surface area contributed by atoms with E-state index in [1.165, 1.54) is 16.7 Å². The van der Waals surface area contributed by atoms with E-state index in [9.17, 15) is 4.79 Å². The summed E-state index contributed by atoms with van der Waals surface area (Å²) in [5.74, 6) is 0.0418. The van der Waals surface area contributed by atoms with E-state index in [-0.39, 0.29) is 30.6 Å². The molecular formula is C14H19N7O2S. The molecule has 0 spiro atoms. The quantitative estimate of drug-likeness (QED) is 0.594. The summed E-state index contributed by atoms with van der Waals surface area (Å²) in [5, 5.41) is 29.5. The number of rotatable bonds is 9. The molecule has 24 heavy (non-hydrogen) atoms. The van der Waals surface area contributed by atoms with E-state index in [0.717, 1.165) is 19.4 Å². The number of amides is 1. The van der Waals surface area contributed by atoms with Gasteiger partial charge in [-0.25, -0.2) is 4.68 Å². The molecule has 0 N–H and O–H groups in total. The van der Waals surface area contributed by atoms with Gasteiger partial charge in [-0.05, 0) is 23.3 Å². The monoisotopic (exact) mass is 349 g/mol. The van der Waals surface area contributed by atoms with E-state index >= 15 is 0 Å². The Morgan fingerprint density at radius 1 is 1.38 bits per heavy atom. The van der Waals surface area contributed by atoms with Crippen molar-refractivity contribution in [1.82, 2.24) is 25.1 Å². The fraction of sp³-hybridized carbons (Fsp3) is 0.714. The second kappa shape index (κ2) is 9.85. The lowest BCUT2D eigenvalue weighted by molar-refractivity contribution is -0.128. The summed E-state index contributed by atoms with van der Waals surface area (Å²) in [6.07, 6.45) is 2.64. The van der Waals surface area contributed by atoms with Gasteiger partial charge in [-0.1, -0.05) is 11.8 Å². The van der Waals surface area contributed by atoms with Crippen LogP contribution >= 0.6 is 11.8 Å². The Labute approximate surface area is 144 Å². The minimum absolute atomic E-state index is 0.117. The molecule has 0 bridgehead atoms. The van der Waals surface area contributed by atoms with Crippen molar-refractivity contribution in [3.63, 3.8) is 0 Å². The summed E-state index contributed by atoms with van der Waals surface area (Å²) in [4.78, 5) is 13.8. The Morgan fingerprint density at radius 2 is 2.12 bits per heavy atom. The Hall–Kier alpha value is -2.17. The minimum Gasteiger partial charge on any atom is -0.376 e. The number of nitriles is 2. The van der Waals surface area contributed by atoms with Gasteiger partial charge in [0.05, 0.1) is 43.4 Å². The van der Waals surface area contributed by atoms with Crippen molar-refractivity contribution in [2.24, 2.45) is 0 Å². The molecule has 0 radical (unpaired) electrons. The van der Waals surface area contributed by atoms with Gasteiger partial charge in [-0.15, -0.1) is 5.10 Å². The molecule has 0 aromatic carbocycles. The van der Waals surface area contributed by atoms with Crippen LogP contribution in [-0.4, -0.2) is 62.6 Å². The number of ether oxygens (including phenoxy) is 1. The molecular weight excluding hydrogens is 330 g/mol. The van der Waals surface area contributed by atoms with Crippen molar-refractivity contribution in [3.05, 3.63) is 0 Å². The predicted molar refractivity (Wildman–Crippen MR) is 84.6 cm³/mol. The minimum atomic E-state index is -0.128. The number of carbonyl (C=O) groups is 1. The van der Waals surface area contributed by atoms with Crippen LogP contribution in [0.1, 0.15) is 25.7 Å². The summed E-state index contributed by atoms with van der Waals surface area (Å²) in [6, 6.07) is 4.03. The molecule has 9 nitrogen and oxygen atoms in total. The Bertz CT molecular complexity index is 597. The van der Waals surface area contributed by atoms with Gasteiger partial charge in [0.15, 0.2) is 0 Å². The third-order valence-corrected chi connectivity index (χ3v) is 4.51. The number of nitrogens with zero attached hydrogens (tertiary/aromatic N) is 7. The van der Waals surface area contributed by atoms with Crippen molar-refractivity contribution in [2.45, 2.75) is 43.5 Å². The molecule has 1 aromatic rings. The number of hydrogen-bond acceptors (Lipinski definition) is 8. The summed E-state index contributed by atoms with van der Waals surface area (Å²) < 4.78 is 7.23. The third-order valence-electron chi connectivity index (χ3n) is 3.56. The largest absolute Gasteiger partial charge is 0.376 e. The van der Waals surface area contributed by atoms with E-state index in [1.807, 2.05) is 12.1 Å². The first-order valence-corrected chi connectivity index (χ1v) is 8.75. The van der Waals surface area contributed by atoms with Crippen molar-refractivity contribution in [3.8, 4) is 12.1 Å². The van der Waals surface area contributed by atoms with Crippen LogP contribution in [0.15, 0.2) is 5.16 Å². The maximum atomic E-state index is 12.3. The smallest absolute Gasteiger partial charge is 0.233 e. The van der Waals surface area contributed by atoms with Gasteiger partial charge in [-0.2, -0.15) is 10.5 Å². The van der Waals surface area contributed by atoms with Crippen LogP contribution in [0.25, 0.3) is 0 Å². The zero-order valence-corrected chi connectivity index (χ0v) is 14.1. The molecule has 0 saturated carbocycles. The molecule has 1 aromatic heterocycles. The molecule has 1 atom stereocenters. The van der Waals surface area contributed by atoms with Gasteiger partial charge >= 0.3 is 0 Å². The van der Waals surface area contributed by atoms with E-state index in [1.54, 1.807) is 4.68 Å². The molecule has 1 aliphatic heterocycles. The van der Waals surface area contributed by atoms with Crippen LogP contribution in [0.4, 0.5) is 0 Å². The zero-order chi connectivity index (χ0) is 17.2. The average molecular weight is 349 g/mol. The normalized spacial score (nSPS) is 16.5. The second-order valence-electron chi connectivity index (χ2n) is 5.26. The summed E-state index contributed by atoms with van der Waals surface area (Å²) >= 11 is 1.25. The molecule has 1 unspecified atom stereocenters. The number of carbonyl (C=O) groups excluding carboxylic acids is 1. The third kappa shape index (κ3) is 5.48. The molecule has 1 aliphatic rings. The lowest BCUT2D eigenvalue weighted by atomic mass is 10.2. The molecule has 2 heterocycles. The summed E-state index contributed by atoms with van der Waals surface area (Å²) in [6.45, 7) is 2.01. The number of tetrazole rings is 1. The second-order valence-corrected chi connectivity index (χ2v) is 6.21. The topological polar surface area (TPSA) is 121 Å². The number of aromatic nitrogens is 4. The Morgan fingerprint density at radius 3 is 2.75 bits per heavy atom. The van der Waals surface area contributed by atoms with Gasteiger partial charge in [0.2, 0.25) is 11.1 Å². The highest BCUT2D eigenvalue weighted by atomic mass is 32.2. The molecule has 128 valence electrons. The zero-order valence-electron chi connectivity index (χ0n) is 13.3. The molecule has 2 rings (SSSR count). The fourth-order valence-corrected chi connectivity index (χ4v) is 3.13. The van der Waals surface area contributed by atoms with E-state index in [2.05, 4.69) is 15.5 Å². The van der Waals surface area contributed by atoms with Crippen molar-refractivity contribution in [1.29, 1.82) is 10.5 Å². The van der Waals surface area contributed by atoms with E-state index in [4.69, 9.17) is 15.3 Å². The maximum absolute atomic E-state index is 12.3. The van der Waals surface area contributed by atoms with Crippen LogP contribution in [0.2, 0.25) is 0 Å². The summed E-state index contributed by atoms with van der Waals surface area (Å²) in [5.41, 5.74) is 0. The van der Waals surface area contributed by atoms with Crippen molar-refractivity contribution in [2.75, 3.05) is 25.4 Å². The fourth-order valence-electron chi connectivity index (χ4n) is 2.34. The van der Waals surface area contributed by atoms with Crippen molar-refractivity contribution < 1.29 is 9.53 Å². The summed E-state index contributed by atoms with van der Waals surface area (Å²) in [7, 11) is 0. The first-order valence-electron chi connectivity index (χ1n) is 7.77. The van der Waals surface area contributed by atoms with Gasteiger partial charge in [0.1, 0.15) is 0 Å². The van der Waals surface area contributed by atoms with Crippen LogP contribution < -0.4 is 0 Å². The number of thioether (sulfide) groups is 1. The van der Waals surface area contributed by atoms with Gasteiger partial charge in [-0.3, -0.25) is 4.79 Å². The molecule has 10 heteroatoms. The van der Waals surface area contributed by atoms with Gasteiger partial charge in [0.25, 0.3) is 0 Å². The van der Waals surface area contributed by atoms with E-state index < -0.39 is 0 Å². The SMILES string of the molecule is N#CCCN(CCC#N)C(=O)CSc1nnnn1CC1CCCO1. The first kappa shape index (κ1) is 18.2. The highest BCUT2D eigenvalue weighted by Crippen LogP contribution is 2.18. The first-order chi connectivity index (χ1) is 11.7. The van der Waals surface area contributed by atoms with Crippen molar-refractivity contribution >= 4 is 17.7 Å². The molecule has 1 fully saturated rings. The molecule has 1 amide bonds. The highest BCUT2D eigenvalue weighted by Gasteiger charge is 2.20. The van der Waals surface area contributed by atoms with Gasteiger partial charge < -0.3 is 9.64 Å². The Balaban J connectivity index is 1.86. The highest BCUT2D eigenvalue weighted by molar-refractivity contribution is 7.99. The lowest BCUT2D eigenvalue weighted by Gasteiger charge is -2.20. The standard InChI is InChI=1S/C14H19N7O2S/c15-5-2-7-20(8-3-6-16)13(22)11-24-14-17-18-19-21(14)10-12-4-1-9-23-12/h12H,1-4,7-11H2. The average Bonchev–Trinajstić information content (AvgIpc) is 3.25. The van der Waals surface area contributed by atoms with Gasteiger partial charge in [0, 0.05) is 19.7 Å². The van der Waals surface area contributed by atoms with Crippen LogP contribution in [0, 0.1) is 22.7 Å². The van der Waals surface area contributed by atoms with Crippen LogP contribution in [0.5, 0.6) is 0 Å². The van der Waals surface area contributed by atoms with Crippen LogP contribution in [0.3, 0.4) is 0 Å². The van der Waals surface area contributed by atoms with Crippen LogP contribution in [-0.2, 0) is 16.1 Å². The predicted octanol–water partition coefficient (Wildman–Crippen LogP) is 0.600.